The molecule has 3 aromatic rings. The SMILES string of the molecule is Cc1cccc2[nH]c(CNC(=O)N3CCN(Cc4cccnc4)CC3)nc12. The molecule has 1 aromatic carbocycles. The second-order valence-electron chi connectivity index (χ2n) is 6.94. The Kier molecular flexibility index (Phi) is 5.02. The lowest BCUT2D eigenvalue weighted by atomic mass is 10.2. The van der Waals surface area contributed by atoms with Crippen LogP contribution in [-0.2, 0) is 13.1 Å². The van der Waals surface area contributed by atoms with Crippen molar-refractivity contribution >= 4 is 17.1 Å². The van der Waals surface area contributed by atoms with Gasteiger partial charge in [0.25, 0.3) is 0 Å². The number of hydrogen-bond donors (Lipinski definition) is 2. The monoisotopic (exact) mass is 364 g/mol. The Bertz CT molecular complexity index is 915. The van der Waals surface area contributed by atoms with E-state index in [-0.39, 0.29) is 6.03 Å². The van der Waals surface area contributed by atoms with E-state index in [9.17, 15) is 4.79 Å². The number of aromatic amines is 1. The topological polar surface area (TPSA) is 77.2 Å². The Morgan fingerprint density at radius 2 is 2.04 bits per heavy atom. The minimum absolute atomic E-state index is 0.0341. The molecule has 0 aliphatic carbocycles. The van der Waals surface area contributed by atoms with Crippen LogP contribution in [0.15, 0.2) is 42.7 Å². The number of imidazole rings is 1. The molecule has 0 bridgehead atoms. The maximum Gasteiger partial charge on any atom is 0.317 e. The number of piperazine rings is 1. The summed E-state index contributed by atoms with van der Waals surface area (Å²) < 4.78 is 0. The van der Waals surface area contributed by atoms with Gasteiger partial charge in [-0.25, -0.2) is 9.78 Å². The molecule has 7 nitrogen and oxygen atoms in total. The summed E-state index contributed by atoms with van der Waals surface area (Å²) >= 11 is 0. The zero-order chi connectivity index (χ0) is 18.6. The zero-order valence-electron chi connectivity index (χ0n) is 15.5. The minimum Gasteiger partial charge on any atom is -0.340 e. The predicted octanol–water partition coefficient (Wildman–Crippen LogP) is 2.29. The van der Waals surface area contributed by atoms with Crippen molar-refractivity contribution in [2.45, 2.75) is 20.0 Å². The van der Waals surface area contributed by atoms with E-state index in [1.807, 2.05) is 42.3 Å². The van der Waals surface area contributed by atoms with Crippen LogP contribution in [0.25, 0.3) is 11.0 Å². The molecule has 0 radical (unpaired) electrons. The van der Waals surface area contributed by atoms with Crippen molar-refractivity contribution in [1.82, 2.24) is 30.1 Å². The quantitative estimate of drug-likeness (QED) is 0.745. The molecule has 7 heteroatoms. The Labute approximate surface area is 158 Å². The molecule has 2 N–H and O–H groups in total. The molecule has 0 unspecified atom stereocenters. The third-order valence-electron chi connectivity index (χ3n) is 4.96. The molecule has 1 saturated heterocycles. The summed E-state index contributed by atoms with van der Waals surface area (Å²) in [5.74, 6) is 0.780. The van der Waals surface area contributed by atoms with Gasteiger partial charge in [-0.15, -0.1) is 0 Å². The van der Waals surface area contributed by atoms with Gasteiger partial charge >= 0.3 is 6.03 Å². The second-order valence-corrected chi connectivity index (χ2v) is 6.94. The number of benzene rings is 1. The highest BCUT2D eigenvalue weighted by Crippen LogP contribution is 2.15. The highest BCUT2D eigenvalue weighted by atomic mass is 16.2. The Morgan fingerprint density at radius 1 is 1.19 bits per heavy atom. The van der Waals surface area contributed by atoms with Gasteiger partial charge in [-0.3, -0.25) is 9.88 Å². The number of aryl methyl sites for hydroxylation is 1. The van der Waals surface area contributed by atoms with E-state index in [0.717, 1.165) is 55.1 Å². The highest BCUT2D eigenvalue weighted by molar-refractivity contribution is 5.79. The predicted molar refractivity (Wildman–Crippen MR) is 104 cm³/mol. The van der Waals surface area contributed by atoms with E-state index in [4.69, 9.17) is 0 Å². The third kappa shape index (κ3) is 4.09. The third-order valence-corrected chi connectivity index (χ3v) is 4.96. The van der Waals surface area contributed by atoms with Crippen molar-refractivity contribution in [2.24, 2.45) is 0 Å². The Morgan fingerprint density at radius 3 is 2.78 bits per heavy atom. The molecular formula is C20H24N6O. The first-order valence-electron chi connectivity index (χ1n) is 9.27. The van der Waals surface area contributed by atoms with Gasteiger partial charge in [-0.1, -0.05) is 18.2 Å². The van der Waals surface area contributed by atoms with Crippen molar-refractivity contribution in [3.8, 4) is 0 Å². The van der Waals surface area contributed by atoms with Gasteiger partial charge in [-0.2, -0.15) is 0 Å². The van der Waals surface area contributed by atoms with Gasteiger partial charge in [0.15, 0.2) is 0 Å². The first-order valence-corrected chi connectivity index (χ1v) is 9.27. The summed E-state index contributed by atoms with van der Waals surface area (Å²) in [5, 5.41) is 2.98. The van der Waals surface area contributed by atoms with Gasteiger partial charge < -0.3 is 15.2 Å². The van der Waals surface area contributed by atoms with Crippen LogP contribution in [0.1, 0.15) is 17.0 Å². The second kappa shape index (κ2) is 7.75. The zero-order valence-corrected chi connectivity index (χ0v) is 15.5. The fraction of sp³-hybridized carbons (Fsp3) is 0.350. The molecule has 140 valence electrons. The van der Waals surface area contributed by atoms with Gasteiger partial charge in [0, 0.05) is 45.1 Å². The molecule has 1 fully saturated rings. The molecule has 2 aromatic heterocycles. The van der Waals surface area contributed by atoms with Crippen LogP contribution in [0.4, 0.5) is 4.79 Å². The lowest BCUT2D eigenvalue weighted by Gasteiger charge is -2.34. The molecule has 3 heterocycles. The number of nitrogens with zero attached hydrogens (tertiary/aromatic N) is 4. The summed E-state index contributed by atoms with van der Waals surface area (Å²) in [6.07, 6.45) is 3.68. The van der Waals surface area contributed by atoms with Crippen molar-refractivity contribution in [2.75, 3.05) is 26.2 Å². The minimum atomic E-state index is -0.0341. The molecule has 0 spiro atoms. The highest BCUT2D eigenvalue weighted by Gasteiger charge is 2.21. The van der Waals surface area contributed by atoms with Crippen LogP contribution in [0.5, 0.6) is 0 Å². The van der Waals surface area contributed by atoms with Gasteiger partial charge in [-0.05, 0) is 30.2 Å². The molecule has 0 atom stereocenters. The Hall–Kier alpha value is -2.93. The first-order chi connectivity index (χ1) is 13.2. The molecule has 4 rings (SSSR count). The molecule has 1 aliphatic rings. The maximum absolute atomic E-state index is 12.5. The summed E-state index contributed by atoms with van der Waals surface area (Å²) in [6.45, 7) is 6.51. The molecule has 0 saturated carbocycles. The summed E-state index contributed by atoms with van der Waals surface area (Å²) in [7, 11) is 0. The standard InChI is InChI=1S/C20H24N6O/c1-15-4-2-6-17-19(15)24-18(23-17)13-22-20(27)26-10-8-25(9-11-26)14-16-5-3-7-21-12-16/h2-7,12H,8-11,13-14H2,1H3,(H,22,27)(H,23,24). The number of hydrogen-bond acceptors (Lipinski definition) is 4. The van der Waals surface area contributed by atoms with Crippen molar-refractivity contribution in [3.05, 3.63) is 59.7 Å². The number of rotatable bonds is 4. The van der Waals surface area contributed by atoms with Crippen LogP contribution in [-0.4, -0.2) is 57.0 Å². The van der Waals surface area contributed by atoms with E-state index >= 15 is 0 Å². The Balaban J connectivity index is 1.27. The lowest BCUT2D eigenvalue weighted by Crippen LogP contribution is -2.51. The molecule has 27 heavy (non-hydrogen) atoms. The number of amides is 2. The van der Waals surface area contributed by atoms with Gasteiger partial charge in [0.1, 0.15) is 5.82 Å². The normalized spacial score (nSPS) is 15.2. The van der Waals surface area contributed by atoms with E-state index in [1.54, 1.807) is 6.20 Å². The number of urea groups is 1. The number of fused-ring (bicyclic) bond motifs is 1. The van der Waals surface area contributed by atoms with Crippen molar-refractivity contribution < 1.29 is 4.79 Å². The van der Waals surface area contributed by atoms with Crippen molar-refractivity contribution in [3.63, 3.8) is 0 Å². The summed E-state index contributed by atoms with van der Waals surface area (Å²) in [5.41, 5.74) is 4.30. The van der Waals surface area contributed by atoms with E-state index < -0.39 is 0 Å². The molecule has 1 aliphatic heterocycles. The summed E-state index contributed by atoms with van der Waals surface area (Å²) in [4.78, 5) is 28.7. The maximum atomic E-state index is 12.5. The number of carbonyl (C=O) groups is 1. The summed E-state index contributed by atoms with van der Waals surface area (Å²) in [6, 6.07) is 10.1. The van der Waals surface area contributed by atoms with Crippen LogP contribution in [0.2, 0.25) is 0 Å². The lowest BCUT2D eigenvalue weighted by molar-refractivity contribution is 0.135. The van der Waals surface area contributed by atoms with Crippen LogP contribution >= 0.6 is 0 Å². The first kappa shape index (κ1) is 17.5. The number of pyridine rings is 1. The number of H-pyrrole nitrogens is 1. The number of para-hydroxylation sites is 1. The fourth-order valence-electron chi connectivity index (χ4n) is 3.44. The average Bonchev–Trinajstić information content (AvgIpc) is 3.12. The molecule has 2 amide bonds. The number of carbonyl (C=O) groups excluding carboxylic acids is 1. The largest absolute Gasteiger partial charge is 0.340 e. The number of nitrogens with one attached hydrogen (secondary N) is 2. The fourth-order valence-corrected chi connectivity index (χ4v) is 3.44. The van der Waals surface area contributed by atoms with Crippen LogP contribution < -0.4 is 5.32 Å². The smallest absolute Gasteiger partial charge is 0.317 e. The average molecular weight is 364 g/mol. The van der Waals surface area contributed by atoms with Crippen LogP contribution in [0.3, 0.4) is 0 Å². The van der Waals surface area contributed by atoms with E-state index in [1.165, 1.54) is 5.56 Å². The van der Waals surface area contributed by atoms with E-state index in [0.29, 0.717) is 6.54 Å². The van der Waals surface area contributed by atoms with Crippen LogP contribution in [0, 0.1) is 6.92 Å². The van der Waals surface area contributed by atoms with Crippen molar-refractivity contribution in [1.29, 1.82) is 0 Å². The van der Waals surface area contributed by atoms with Gasteiger partial charge in [0.05, 0.1) is 17.6 Å². The number of aromatic nitrogens is 3. The molecular weight excluding hydrogens is 340 g/mol. The van der Waals surface area contributed by atoms with E-state index in [2.05, 4.69) is 31.2 Å². The van der Waals surface area contributed by atoms with Gasteiger partial charge in [0.2, 0.25) is 0 Å².